The van der Waals surface area contributed by atoms with Crippen LogP contribution in [0.1, 0.15) is 64.2 Å². The Morgan fingerprint density at radius 1 is 1.05 bits per heavy atom. The van der Waals surface area contributed by atoms with Crippen molar-refractivity contribution < 1.29 is 4.74 Å². The highest BCUT2D eigenvalue weighted by Crippen LogP contribution is 2.36. The first-order valence-electron chi connectivity index (χ1n) is 8.85. The summed E-state index contributed by atoms with van der Waals surface area (Å²) in [5.41, 5.74) is 0.169. The highest BCUT2D eigenvalue weighted by Gasteiger charge is 2.39. The molecule has 1 saturated heterocycles. The van der Waals surface area contributed by atoms with E-state index in [1.807, 2.05) is 7.11 Å². The Hall–Kier alpha value is -0.120. The highest BCUT2D eigenvalue weighted by atomic mass is 16.5. The molecular weight excluding hydrogens is 248 g/mol. The van der Waals surface area contributed by atoms with Gasteiger partial charge >= 0.3 is 0 Å². The fourth-order valence-electron chi connectivity index (χ4n) is 4.48. The Morgan fingerprint density at radius 3 is 2.50 bits per heavy atom. The van der Waals surface area contributed by atoms with Crippen molar-refractivity contribution in [1.82, 2.24) is 10.6 Å². The van der Waals surface area contributed by atoms with Crippen molar-refractivity contribution in [3.8, 4) is 0 Å². The summed E-state index contributed by atoms with van der Waals surface area (Å²) >= 11 is 0. The molecule has 3 nitrogen and oxygen atoms in total. The summed E-state index contributed by atoms with van der Waals surface area (Å²) in [5, 5.41) is 7.68. The Bertz CT molecular complexity index is 292. The lowest BCUT2D eigenvalue weighted by molar-refractivity contribution is -0.0728. The predicted octanol–water partition coefficient (Wildman–Crippen LogP) is 2.85. The third-order valence-electron chi connectivity index (χ3n) is 6.07. The van der Waals surface area contributed by atoms with Crippen molar-refractivity contribution in [2.24, 2.45) is 5.92 Å². The van der Waals surface area contributed by atoms with E-state index < -0.39 is 0 Å². The van der Waals surface area contributed by atoms with Crippen LogP contribution in [0, 0.1) is 5.92 Å². The Kier molecular flexibility index (Phi) is 5.00. The molecule has 0 aromatic heterocycles. The SMILES string of the molecule is COC1(CNC2CCCCC2C2CCCCN2)CCC1. The van der Waals surface area contributed by atoms with Gasteiger partial charge in [0.1, 0.15) is 0 Å². The van der Waals surface area contributed by atoms with Gasteiger partial charge in [-0.2, -0.15) is 0 Å². The Morgan fingerprint density at radius 2 is 1.85 bits per heavy atom. The lowest BCUT2D eigenvalue weighted by atomic mass is 9.76. The van der Waals surface area contributed by atoms with Crippen LogP contribution < -0.4 is 10.6 Å². The summed E-state index contributed by atoms with van der Waals surface area (Å²) < 4.78 is 5.77. The van der Waals surface area contributed by atoms with Crippen molar-refractivity contribution in [3.05, 3.63) is 0 Å². The second-order valence-corrected chi connectivity index (χ2v) is 7.23. The van der Waals surface area contributed by atoms with Crippen LogP contribution >= 0.6 is 0 Å². The van der Waals surface area contributed by atoms with Crippen molar-refractivity contribution >= 4 is 0 Å². The molecule has 3 rings (SSSR count). The van der Waals surface area contributed by atoms with E-state index in [4.69, 9.17) is 4.74 Å². The van der Waals surface area contributed by atoms with E-state index in [1.54, 1.807) is 0 Å². The first-order valence-corrected chi connectivity index (χ1v) is 8.85. The van der Waals surface area contributed by atoms with Crippen LogP contribution in [0.4, 0.5) is 0 Å². The fraction of sp³-hybridized carbons (Fsp3) is 1.00. The summed E-state index contributed by atoms with van der Waals surface area (Å²) in [5.74, 6) is 0.845. The van der Waals surface area contributed by atoms with Crippen molar-refractivity contribution in [3.63, 3.8) is 0 Å². The summed E-state index contributed by atoms with van der Waals surface area (Å²) in [6.45, 7) is 2.30. The van der Waals surface area contributed by atoms with E-state index >= 15 is 0 Å². The molecular formula is C17H32N2O. The van der Waals surface area contributed by atoms with Crippen molar-refractivity contribution in [2.75, 3.05) is 20.2 Å². The molecule has 2 saturated carbocycles. The molecule has 2 N–H and O–H groups in total. The first-order chi connectivity index (χ1) is 9.83. The topological polar surface area (TPSA) is 33.3 Å². The zero-order valence-electron chi connectivity index (χ0n) is 13.1. The van der Waals surface area contributed by atoms with Crippen LogP contribution in [0.25, 0.3) is 0 Å². The van der Waals surface area contributed by atoms with E-state index in [0.717, 1.165) is 18.5 Å². The minimum atomic E-state index is 0.169. The van der Waals surface area contributed by atoms with Gasteiger partial charge in [0.2, 0.25) is 0 Å². The number of hydrogen-bond donors (Lipinski definition) is 2. The fourth-order valence-corrected chi connectivity index (χ4v) is 4.48. The quantitative estimate of drug-likeness (QED) is 0.812. The van der Waals surface area contributed by atoms with E-state index in [-0.39, 0.29) is 5.60 Å². The third-order valence-corrected chi connectivity index (χ3v) is 6.07. The van der Waals surface area contributed by atoms with Gasteiger partial charge in [-0.15, -0.1) is 0 Å². The van der Waals surface area contributed by atoms with E-state index in [1.165, 1.54) is 70.8 Å². The average Bonchev–Trinajstić information content (AvgIpc) is 2.48. The maximum absolute atomic E-state index is 5.77. The van der Waals surface area contributed by atoms with E-state index in [2.05, 4.69) is 10.6 Å². The minimum Gasteiger partial charge on any atom is -0.377 e. The van der Waals surface area contributed by atoms with E-state index in [0.29, 0.717) is 6.04 Å². The number of nitrogens with one attached hydrogen (secondary N) is 2. The van der Waals surface area contributed by atoms with Crippen molar-refractivity contribution in [1.29, 1.82) is 0 Å². The summed E-state index contributed by atoms with van der Waals surface area (Å²) in [6.07, 6.45) is 13.6. The van der Waals surface area contributed by atoms with Crippen LogP contribution in [0.15, 0.2) is 0 Å². The second-order valence-electron chi connectivity index (χ2n) is 7.23. The normalized spacial score (nSPS) is 37.4. The van der Waals surface area contributed by atoms with Gasteiger partial charge in [-0.05, 0) is 57.4 Å². The van der Waals surface area contributed by atoms with Gasteiger partial charge in [-0.25, -0.2) is 0 Å². The lowest BCUT2D eigenvalue weighted by Crippen LogP contribution is -2.55. The summed E-state index contributed by atoms with van der Waals surface area (Å²) in [4.78, 5) is 0. The molecule has 3 aliphatic rings. The molecule has 0 aromatic carbocycles. The summed E-state index contributed by atoms with van der Waals surface area (Å²) in [6, 6.07) is 1.48. The monoisotopic (exact) mass is 280 g/mol. The predicted molar refractivity (Wildman–Crippen MR) is 83.0 cm³/mol. The van der Waals surface area contributed by atoms with Crippen molar-refractivity contribution in [2.45, 2.75) is 81.9 Å². The molecule has 3 heteroatoms. The minimum absolute atomic E-state index is 0.169. The molecule has 3 atom stereocenters. The van der Waals surface area contributed by atoms with Gasteiger partial charge in [0.15, 0.2) is 0 Å². The molecule has 0 radical (unpaired) electrons. The van der Waals surface area contributed by atoms with E-state index in [9.17, 15) is 0 Å². The average molecular weight is 280 g/mol. The molecule has 20 heavy (non-hydrogen) atoms. The van der Waals surface area contributed by atoms with Crippen LogP contribution in [-0.2, 0) is 4.74 Å². The smallest absolute Gasteiger partial charge is 0.0802 e. The molecule has 3 fully saturated rings. The Labute approximate surface area is 124 Å². The zero-order valence-corrected chi connectivity index (χ0v) is 13.1. The standard InChI is InChI=1S/C17H32N2O/c1-20-17(10-6-11-17)13-19-16-8-3-2-7-14(16)15-9-4-5-12-18-15/h14-16,18-19H,2-13H2,1H3. The largest absolute Gasteiger partial charge is 0.377 e. The molecule has 116 valence electrons. The first kappa shape index (κ1) is 14.8. The number of ether oxygens (including phenoxy) is 1. The maximum Gasteiger partial charge on any atom is 0.0802 e. The Balaban J connectivity index is 1.54. The van der Waals surface area contributed by atoms with Gasteiger partial charge < -0.3 is 15.4 Å². The molecule has 3 unspecified atom stereocenters. The highest BCUT2D eigenvalue weighted by molar-refractivity contribution is 4.96. The molecule has 0 amide bonds. The number of hydrogen-bond acceptors (Lipinski definition) is 3. The lowest BCUT2D eigenvalue weighted by Gasteiger charge is -2.45. The van der Waals surface area contributed by atoms with Gasteiger partial charge in [-0.1, -0.05) is 19.3 Å². The van der Waals surface area contributed by atoms with Gasteiger partial charge in [0, 0.05) is 25.7 Å². The van der Waals surface area contributed by atoms with Crippen LogP contribution in [0.2, 0.25) is 0 Å². The molecule has 0 spiro atoms. The van der Waals surface area contributed by atoms with Crippen LogP contribution in [0.5, 0.6) is 0 Å². The molecule has 1 aliphatic heterocycles. The molecule has 2 aliphatic carbocycles. The molecule has 0 bridgehead atoms. The maximum atomic E-state index is 5.77. The second kappa shape index (κ2) is 6.76. The number of rotatable bonds is 5. The van der Waals surface area contributed by atoms with Gasteiger partial charge in [0.25, 0.3) is 0 Å². The van der Waals surface area contributed by atoms with Crippen LogP contribution in [-0.4, -0.2) is 37.9 Å². The summed E-state index contributed by atoms with van der Waals surface area (Å²) in [7, 11) is 1.89. The van der Waals surface area contributed by atoms with Crippen LogP contribution in [0.3, 0.4) is 0 Å². The third kappa shape index (κ3) is 3.20. The number of piperidine rings is 1. The zero-order chi connectivity index (χ0) is 13.8. The van der Waals surface area contributed by atoms with Gasteiger partial charge in [-0.3, -0.25) is 0 Å². The number of methoxy groups -OCH3 is 1. The molecule has 0 aromatic rings. The van der Waals surface area contributed by atoms with Gasteiger partial charge in [0.05, 0.1) is 5.60 Å². The molecule has 1 heterocycles.